The molecule has 0 saturated heterocycles. The highest BCUT2D eigenvalue weighted by molar-refractivity contribution is 5.95. The Kier molecular flexibility index (Phi) is 4.46. The highest BCUT2D eigenvalue weighted by Gasteiger charge is 2.07. The van der Waals surface area contributed by atoms with Crippen LogP contribution in [0.4, 0.5) is 16.3 Å². The Morgan fingerprint density at radius 1 is 1.29 bits per heavy atom. The Morgan fingerprint density at radius 2 is 2.17 bits per heavy atom. The van der Waals surface area contributed by atoms with Gasteiger partial charge in [0.2, 0.25) is 0 Å². The zero-order chi connectivity index (χ0) is 16.9. The van der Waals surface area contributed by atoms with Crippen molar-refractivity contribution in [1.82, 2.24) is 20.5 Å². The second-order valence-electron chi connectivity index (χ2n) is 5.14. The van der Waals surface area contributed by atoms with Crippen LogP contribution in [-0.4, -0.2) is 41.5 Å². The van der Waals surface area contributed by atoms with Crippen LogP contribution in [0.1, 0.15) is 0 Å². The molecule has 0 fully saturated rings. The maximum absolute atomic E-state index is 11.0. The Balaban J connectivity index is 1.82. The number of anilines is 2. The summed E-state index contributed by atoms with van der Waals surface area (Å²) in [6.07, 6.45) is 1.24. The summed E-state index contributed by atoms with van der Waals surface area (Å²) in [4.78, 5) is 15.4. The molecular weight excluding hydrogens is 308 g/mol. The summed E-state index contributed by atoms with van der Waals surface area (Å²) < 4.78 is 4.52. The molecule has 0 radical (unpaired) electrons. The van der Waals surface area contributed by atoms with Crippen molar-refractivity contribution in [1.29, 1.82) is 0 Å². The fourth-order valence-corrected chi connectivity index (χ4v) is 2.41. The van der Waals surface area contributed by atoms with E-state index in [0.717, 1.165) is 27.8 Å². The predicted octanol–water partition coefficient (Wildman–Crippen LogP) is 1.97. The van der Waals surface area contributed by atoms with E-state index in [2.05, 4.69) is 30.6 Å². The number of carbonyl (C=O) groups excluding carboxylic acids is 1. The number of hydrogen-bond donors (Lipinski definition) is 4. The number of benzene rings is 1. The topological polar surface area (TPSA) is 118 Å². The molecule has 1 amide bonds. The van der Waals surface area contributed by atoms with Crippen molar-refractivity contribution in [3.05, 3.63) is 36.5 Å². The van der Waals surface area contributed by atoms with E-state index in [-0.39, 0.29) is 0 Å². The minimum absolute atomic E-state index is 0.424. The van der Waals surface area contributed by atoms with Gasteiger partial charge in [-0.15, -0.1) is 0 Å². The third-order valence-electron chi connectivity index (χ3n) is 3.54. The van der Waals surface area contributed by atoms with Crippen LogP contribution in [-0.2, 0) is 4.74 Å². The highest BCUT2D eigenvalue weighted by Crippen LogP contribution is 2.28. The average molecular weight is 326 g/mol. The summed E-state index contributed by atoms with van der Waals surface area (Å²) >= 11 is 0. The first-order valence-corrected chi connectivity index (χ1v) is 7.43. The first kappa shape index (κ1) is 15.6. The molecule has 0 unspecified atom stereocenters. The molecule has 124 valence electrons. The molecule has 1 aromatic carbocycles. The third-order valence-corrected chi connectivity index (χ3v) is 3.54. The number of nitrogen functional groups attached to an aromatic ring is 1. The van der Waals surface area contributed by atoms with Crippen molar-refractivity contribution >= 4 is 28.5 Å². The summed E-state index contributed by atoms with van der Waals surface area (Å²) in [6, 6.07) is 9.60. The maximum Gasteiger partial charge on any atom is 0.406 e. The summed E-state index contributed by atoms with van der Waals surface area (Å²) in [5, 5.41) is 13.7. The molecule has 0 aliphatic rings. The van der Waals surface area contributed by atoms with Crippen LogP contribution in [0.25, 0.3) is 22.2 Å². The summed E-state index contributed by atoms with van der Waals surface area (Å²) in [6.45, 7) is 0.971. The molecule has 0 saturated carbocycles. The molecular formula is C16H18N6O2. The van der Waals surface area contributed by atoms with Crippen molar-refractivity contribution in [2.75, 3.05) is 31.2 Å². The number of methoxy groups -OCH3 is 1. The number of nitrogens with two attached hydrogens (primary N) is 1. The van der Waals surface area contributed by atoms with Crippen LogP contribution in [0, 0.1) is 0 Å². The van der Waals surface area contributed by atoms with Gasteiger partial charge in [-0.1, -0.05) is 12.1 Å². The molecule has 0 atom stereocenters. The van der Waals surface area contributed by atoms with Crippen LogP contribution in [0.5, 0.6) is 0 Å². The van der Waals surface area contributed by atoms with Gasteiger partial charge in [-0.25, -0.2) is 9.78 Å². The fourth-order valence-electron chi connectivity index (χ4n) is 2.41. The van der Waals surface area contributed by atoms with Crippen molar-refractivity contribution < 1.29 is 9.53 Å². The Bertz CT molecular complexity index is 847. The lowest BCUT2D eigenvalue weighted by molar-refractivity contribution is 0.171. The number of H-pyrrole nitrogens is 1. The molecule has 5 N–H and O–H groups in total. The van der Waals surface area contributed by atoms with Gasteiger partial charge < -0.3 is 21.1 Å². The van der Waals surface area contributed by atoms with Gasteiger partial charge in [0.05, 0.1) is 18.3 Å². The standard InChI is InChI=1S/C16H18N6O2/c1-24-16(23)19-7-6-18-13-9-15(17)21-14-8-10(2-3-11(13)14)12-4-5-20-22-12/h2-5,8-9H,6-7H2,1H3,(H,19,23)(H,20,22)(H3,17,18,21). The molecule has 0 aliphatic carbocycles. The van der Waals surface area contributed by atoms with Crippen LogP contribution < -0.4 is 16.4 Å². The minimum atomic E-state index is -0.458. The number of hydrogen-bond acceptors (Lipinski definition) is 6. The second kappa shape index (κ2) is 6.86. The van der Waals surface area contributed by atoms with Crippen molar-refractivity contribution in [2.24, 2.45) is 0 Å². The lowest BCUT2D eigenvalue weighted by Crippen LogP contribution is -2.28. The monoisotopic (exact) mass is 326 g/mol. The number of ether oxygens (including phenoxy) is 1. The van der Waals surface area contributed by atoms with Gasteiger partial charge in [-0.05, 0) is 12.1 Å². The van der Waals surface area contributed by atoms with E-state index in [0.29, 0.717) is 18.9 Å². The number of rotatable bonds is 5. The van der Waals surface area contributed by atoms with Crippen molar-refractivity contribution in [3.8, 4) is 11.3 Å². The summed E-state index contributed by atoms with van der Waals surface area (Å²) in [5.74, 6) is 0.424. The van der Waals surface area contributed by atoms with E-state index >= 15 is 0 Å². The zero-order valence-electron chi connectivity index (χ0n) is 13.2. The molecule has 0 aliphatic heterocycles. The van der Waals surface area contributed by atoms with Gasteiger partial charge in [0.1, 0.15) is 5.82 Å². The van der Waals surface area contributed by atoms with Gasteiger partial charge in [-0.3, -0.25) is 5.10 Å². The first-order chi connectivity index (χ1) is 11.7. The number of aromatic amines is 1. The SMILES string of the molecule is COC(=O)NCCNc1cc(N)nc2cc(-c3ccn[nH]3)ccc12. The quantitative estimate of drug-likeness (QED) is 0.532. The average Bonchev–Trinajstić information content (AvgIpc) is 3.12. The lowest BCUT2D eigenvalue weighted by atomic mass is 10.1. The largest absolute Gasteiger partial charge is 0.453 e. The number of pyridine rings is 1. The van der Waals surface area contributed by atoms with Crippen LogP contribution >= 0.6 is 0 Å². The zero-order valence-corrected chi connectivity index (χ0v) is 13.2. The first-order valence-electron chi connectivity index (χ1n) is 7.43. The number of carbonyl (C=O) groups is 1. The molecule has 3 rings (SSSR count). The Hall–Kier alpha value is -3.29. The van der Waals surface area contributed by atoms with E-state index in [1.807, 2.05) is 24.3 Å². The second-order valence-corrected chi connectivity index (χ2v) is 5.14. The van der Waals surface area contributed by atoms with E-state index in [4.69, 9.17) is 5.73 Å². The lowest BCUT2D eigenvalue weighted by Gasteiger charge is -2.12. The van der Waals surface area contributed by atoms with Gasteiger partial charge in [-0.2, -0.15) is 5.10 Å². The van der Waals surface area contributed by atoms with Crippen molar-refractivity contribution in [3.63, 3.8) is 0 Å². The molecule has 2 heterocycles. The predicted molar refractivity (Wildman–Crippen MR) is 92.6 cm³/mol. The van der Waals surface area contributed by atoms with Gasteiger partial charge in [0.25, 0.3) is 0 Å². The molecule has 0 bridgehead atoms. The van der Waals surface area contributed by atoms with E-state index < -0.39 is 6.09 Å². The minimum Gasteiger partial charge on any atom is -0.453 e. The van der Waals surface area contributed by atoms with Gasteiger partial charge in [0.15, 0.2) is 0 Å². The van der Waals surface area contributed by atoms with Gasteiger partial charge in [0, 0.05) is 42.0 Å². The smallest absolute Gasteiger partial charge is 0.406 e. The highest BCUT2D eigenvalue weighted by atomic mass is 16.5. The number of nitrogens with one attached hydrogen (secondary N) is 3. The van der Waals surface area contributed by atoms with E-state index in [1.165, 1.54) is 7.11 Å². The molecule has 3 aromatic rings. The Morgan fingerprint density at radius 3 is 2.92 bits per heavy atom. The van der Waals surface area contributed by atoms with Crippen molar-refractivity contribution in [2.45, 2.75) is 0 Å². The number of amides is 1. The molecule has 8 nitrogen and oxygen atoms in total. The summed E-state index contributed by atoms with van der Waals surface area (Å²) in [5.41, 5.74) is 9.45. The third kappa shape index (κ3) is 3.37. The number of fused-ring (bicyclic) bond motifs is 1. The fraction of sp³-hybridized carbons (Fsp3) is 0.188. The molecule has 0 spiro atoms. The number of aromatic nitrogens is 3. The van der Waals surface area contributed by atoms with E-state index in [1.54, 1.807) is 12.3 Å². The van der Waals surface area contributed by atoms with Gasteiger partial charge >= 0.3 is 6.09 Å². The molecule has 2 aromatic heterocycles. The number of alkyl carbamates (subject to hydrolysis) is 1. The normalized spacial score (nSPS) is 10.5. The van der Waals surface area contributed by atoms with Crippen LogP contribution in [0.3, 0.4) is 0 Å². The van der Waals surface area contributed by atoms with Crippen LogP contribution in [0.2, 0.25) is 0 Å². The van der Waals surface area contributed by atoms with E-state index in [9.17, 15) is 4.79 Å². The summed E-state index contributed by atoms with van der Waals surface area (Å²) in [7, 11) is 1.33. The Labute approximate surface area is 138 Å². The maximum atomic E-state index is 11.0. The molecule has 8 heteroatoms. The molecule has 24 heavy (non-hydrogen) atoms. The number of nitrogens with zero attached hydrogens (tertiary/aromatic N) is 2. The van der Waals surface area contributed by atoms with Crippen LogP contribution in [0.15, 0.2) is 36.5 Å².